The largest absolute Gasteiger partial charge is 0.399 e. The number of nitrogens with two attached hydrogens (primary N) is 1. The summed E-state index contributed by atoms with van der Waals surface area (Å²) < 4.78 is 1.64. The van der Waals surface area contributed by atoms with Gasteiger partial charge in [-0.3, -0.25) is 4.79 Å². The normalized spacial score (nSPS) is 16.1. The SMILES string of the molecule is Nc1cccc(-n2ccc(C(=O)N3CCC(O)CC3)n2)c1. The number of piperidine rings is 1. The number of amides is 1. The molecule has 3 N–H and O–H groups in total. The Bertz CT molecular complexity index is 645. The van der Waals surface area contributed by atoms with Gasteiger partial charge in [-0.15, -0.1) is 0 Å². The summed E-state index contributed by atoms with van der Waals surface area (Å²) in [7, 11) is 0. The van der Waals surface area contributed by atoms with Crippen LogP contribution in [0, 0.1) is 0 Å². The number of likely N-dealkylation sites (tertiary alicyclic amines) is 1. The molecule has 1 aliphatic rings. The molecule has 1 fully saturated rings. The zero-order valence-electron chi connectivity index (χ0n) is 11.6. The third kappa shape index (κ3) is 2.90. The Morgan fingerprint density at radius 2 is 2.05 bits per heavy atom. The molecule has 21 heavy (non-hydrogen) atoms. The van der Waals surface area contributed by atoms with Crippen LogP contribution in [0.5, 0.6) is 0 Å². The highest BCUT2D eigenvalue weighted by Crippen LogP contribution is 2.15. The van der Waals surface area contributed by atoms with Gasteiger partial charge < -0.3 is 15.7 Å². The molecule has 110 valence electrons. The number of benzene rings is 1. The van der Waals surface area contributed by atoms with Crippen LogP contribution in [0.3, 0.4) is 0 Å². The van der Waals surface area contributed by atoms with Gasteiger partial charge in [-0.05, 0) is 37.1 Å². The summed E-state index contributed by atoms with van der Waals surface area (Å²) in [6.45, 7) is 1.15. The van der Waals surface area contributed by atoms with Crippen molar-refractivity contribution >= 4 is 11.6 Å². The highest BCUT2D eigenvalue weighted by molar-refractivity contribution is 5.92. The van der Waals surface area contributed by atoms with E-state index in [0.29, 0.717) is 37.3 Å². The Balaban J connectivity index is 1.77. The van der Waals surface area contributed by atoms with E-state index in [1.165, 1.54) is 0 Å². The first-order chi connectivity index (χ1) is 10.1. The molecule has 6 nitrogen and oxygen atoms in total. The molecule has 2 heterocycles. The monoisotopic (exact) mass is 286 g/mol. The number of nitrogen functional groups attached to an aromatic ring is 1. The van der Waals surface area contributed by atoms with E-state index in [1.54, 1.807) is 34.0 Å². The van der Waals surface area contributed by atoms with Crippen LogP contribution in [-0.4, -0.2) is 44.9 Å². The van der Waals surface area contributed by atoms with E-state index in [-0.39, 0.29) is 12.0 Å². The number of aromatic nitrogens is 2. The molecule has 0 bridgehead atoms. The minimum absolute atomic E-state index is 0.0930. The van der Waals surface area contributed by atoms with Crippen molar-refractivity contribution in [1.82, 2.24) is 14.7 Å². The highest BCUT2D eigenvalue weighted by Gasteiger charge is 2.23. The van der Waals surface area contributed by atoms with E-state index in [4.69, 9.17) is 5.73 Å². The van der Waals surface area contributed by atoms with Gasteiger partial charge in [0.25, 0.3) is 5.91 Å². The van der Waals surface area contributed by atoms with Gasteiger partial charge >= 0.3 is 0 Å². The summed E-state index contributed by atoms with van der Waals surface area (Å²) in [5.41, 5.74) is 7.64. The molecule has 6 heteroatoms. The predicted molar refractivity (Wildman–Crippen MR) is 79.1 cm³/mol. The molecule has 0 unspecified atom stereocenters. The van der Waals surface area contributed by atoms with Crippen LogP contribution in [0.4, 0.5) is 5.69 Å². The lowest BCUT2D eigenvalue weighted by Crippen LogP contribution is -2.40. The molecule has 0 aliphatic carbocycles. The molecule has 1 amide bonds. The zero-order valence-corrected chi connectivity index (χ0v) is 11.6. The number of hydrogen-bond acceptors (Lipinski definition) is 4. The van der Waals surface area contributed by atoms with E-state index in [9.17, 15) is 9.90 Å². The lowest BCUT2D eigenvalue weighted by molar-refractivity contribution is 0.0541. The topological polar surface area (TPSA) is 84.4 Å². The maximum Gasteiger partial charge on any atom is 0.274 e. The average molecular weight is 286 g/mol. The van der Waals surface area contributed by atoms with Gasteiger partial charge in [0.1, 0.15) is 0 Å². The number of rotatable bonds is 2. The standard InChI is InChI=1S/C15H18N4O2/c16-11-2-1-3-12(10-11)19-9-6-14(17-19)15(21)18-7-4-13(20)5-8-18/h1-3,6,9-10,13,20H,4-5,7-8,16H2. The Labute approximate surface area is 122 Å². The quantitative estimate of drug-likeness (QED) is 0.808. The first-order valence-electron chi connectivity index (χ1n) is 7.02. The Morgan fingerprint density at radius 3 is 2.76 bits per heavy atom. The van der Waals surface area contributed by atoms with Gasteiger partial charge in [-0.2, -0.15) is 5.10 Å². The van der Waals surface area contributed by atoms with Crippen molar-refractivity contribution in [2.24, 2.45) is 0 Å². The molecule has 1 aliphatic heterocycles. The van der Waals surface area contributed by atoms with Crippen molar-refractivity contribution in [1.29, 1.82) is 0 Å². The molecule has 3 rings (SSSR count). The summed E-state index contributed by atoms with van der Waals surface area (Å²) >= 11 is 0. The minimum atomic E-state index is -0.293. The van der Waals surface area contributed by atoms with Crippen LogP contribution in [0.2, 0.25) is 0 Å². The van der Waals surface area contributed by atoms with Crippen molar-refractivity contribution in [2.45, 2.75) is 18.9 Å². The number of hydrogen-bond donors (Lipinski definition) is 2. The van der Waals surface area contributed by atoms with Gasteiger partial charge in [-0.25, -0.2) is 4.68 Å². The molecule has 0 saturated carbocycles. The smallest absolute Gasteiger partial charge is 0.274 e. The van der Waals surface area contributed by atoms with Crippen LogP contribution in [-0.2, 0) is 0 Å². The van der Waals surface area contributed by atoms with Gasteiger partial charge in [0, 0.05) is 25.0 Å². The van der Waals surface area contributed by atoms with E-state index in [2.05, 4.69) is 5.10 Å². The fourth-order valence-corrected chi connectivity index (χ4v) is 2.48. The molecule has 1 aromatic heterocycles. The molecule has 0 spiro atoms. The highest BCUT2D eigenvalue weighted by atomic mass is 16.3. The first kappa shape index (κ1) is 13.6. The van der Waals surface area contributed by atoms with E-state index >= 15 is 0 Å². The van der Waals surface area contributed by atoms with Crippen LogP contribution in [0.1, 0.15) is 23.3 Å². The van der Waals surface area contributed by atoms with Crippen LogP contribution >= 0.6 is 0 Å². The van der Waals surface area contributed by atoms with Gasteiger partial charge in [0.05, 0.1) is 11.8 Å². The molecule has 0 atom stereocenters. The number of aliphatic hydroxyl groups is 1. The molecule has 1 aromatic carbocycles. The first-order valence-corrected chi connectivity index (χ1v) is 7.02. The average Bonchev–Trinajstić information content (AvgIpc) is 2.97. The van der Waals surface area contributed by atoms with E-state index < -0.39 is 0 Å². The van der Waals surface area contributed by atoms with Crippen LogP contribution in [0.25, 0.3) is 5.69 Å². The molecular weight excluding hydrogens is 268 g/mol. The number of anilines is 1. The van der Waals surface area contributed by atoms with Crippen LogP contribution < -0.4 is 5.73 Å². The van der Waals surface area contributed by atoms with Crippen molar-refractivity contribution in [3.8, 4) is 5.69 Å². The summed E-state index contributed by atoms with van der Waals surface area (Å²) in [6, 6.07) is 9.04. The second kappa shape index (κ2) is 5.57. The number of nitrogens with zero attached hydrogens (tertiary/aromatic N) is 3. The third-order valence-electron chi connectivity index (χ3n) is 3.69. The Hall–Kier alpha value is -2.34. The van der Waals surface area contributed by atoms with Gasteiger partial charge in [-0.1, -0.05) is 6.07 Å². The summed E-state index contributed by atoms with van der Waals surface area (Å²) in [4.78, 5) is 14.1. The summed E-state index contributed by atoms with van der Waals surface area (Å²) in [5, 5.41) is 13.8. The van der Waals surface area contributed by atoms with Gasteiger partial charge in [0.15, 0.2) is 5.69 Å². The van der Waals surface area contributed by atoms with Gasteiger partial charge in [0.2, 0.25) is 0 Å². The van der Waals surface area contributed by atoms with Crippen molar-refractivity contribution < 1.29 is 9.90 Å². The second-order valence-electron chi connectivity index (χ2n) is 5.26. The van der Waals surface area contributed by atoms with E-state index in [1.807, 2.05) is 12.1 Å². The van der Waals surface area contributed by atoms with Crippen LogP contribution in [0.15, 0.2) is 36.5 Å². The Morgan fingerprint density at radius 1 is 1.29 bits per heavy atom. The lowest BCUT2D eigenvalue weighted by atomic mass is 10.1. The third-order valence-corrected chi connectivity index (χ3v) is 3.69. The molecular formula is C15H18N4O2. The maximum absolute atomic E-state index is 12.4. The molecule has 0 radical (unpaired) electrons. The summed E-state index contributed by atoms with van der Waals surface area (Å²) in [5.74, 6) is -0.0930. The second-order valence-corrected chi connectivity index (χ2v) is 5.26. The van der Waals surface area contributed by atoms with Crippen molar-refractivity contribution in [2.75, 3.05) is 18.8 Å². The van der Waals surface area contributed by atoms with Crippen molar-refractivity contribution in [3.63, 3.8) is 0 Å². The predicted octanol–water partition coefficient (Wildman–Crippen LogP) is 1.05. The fourth-order valence-electron chi connectivity index (χ4n) is 2.48. The minimum Gasteiger partial charge on any atom is -0.399 e. The van der Waals surface area contributed by atoms with Crippen molar-refractivity contribution in [3.05, 3.63) is 42.2 Å². The molecule has 2 aromatic rings. The Kier molecular flexibility index (Phi) is 3.62. The zero-order chi connectivity index (χ0) is 14.8. The number of carbonyl (C=O) groups excluding carboxylic acids is 1. The lowest BCUT2D eigenvalue weighted by Gasteiger charge is -2.28. The molecule has 1 saturated heterocycles. The van der Waals surface area contributed by atoms with E-state index in [0.717, 1.165) is 5.69 Å². The number of aliphatic hydroxyl groups excluding tert-OH is 1. The maximum atomic E-state index is 12.4. The fraction of sp³-hybridized carbons (Fsp3) is 0.333. The number of carbonyl (C=O) groups is 1. The summed E-state index contributed by atoms with van der Waals surface area (Å²) in [6.07, 6.45) is 2.71.